The van der Waals surface area contributed by atoms with E-state index in [0.717, 1.165) is 0 Å². The van der Waals surface area contributed by atoms with Crippen LogP contribution in [0.25, 0.3) is 0 Å². The van der Waals surface area contributed by atoms with Gasteiger partial charge in [-0.1, -0.05) is 0 Å². The lowest BCUT2D eigenvalue weighted by molar-refractivity contribution is 0.229. The highest BCUT2D eigenvalue weighted by Crippen LogP contribution is 1.93. The molecule has 0 radical (unpaired) electrons. The lowest BCUT2D eigenvalue weighted by atomic mass is 10.5. The van der Waals surface area contributed by atoms with E-state index in [1.54, 1.807) is 0 Å². The maximum Gasteiger partial charge on any atom is 0.205 e. The van der Waals surface area contributed by atoms with Crippen molar-refractivity contribution in [1.82, 2.24) is 0 Å². The average molecular weight is 155 g/mol. The molecule has 4 N–H and O–H groups in total. The maximum atomic E-state index is 5.31. The zero-order chi connectivity index (χ0) is 8.69. The Morgan fingerprint density at radius 3 is 2.82 bits per heavy atom. The molecule has 0 aromatic carbocycles. The molecule has 0 aliphatic heterocycles. The Kier molecular flexibility index (Phi) is 4.64. The maximum absolute atomic E-state index is 5.31. The molecule has 0 aromatic heterocycles. The molecule has 0 saturated carbocycles. The monoisotopic (exact) mass is 155 g/mol. The molecule has 0 aromatic rings. The van der Waals surface area contributed by atoms with Gasteiger partial charge in [-0.25, -0.2) is 4.99 Å². The Labute approximate surface area is 66.2 Å². The third kappa shape index (κ3) is 5.02. The van der Waals surface area contributed by atoms with Crippen LogP contribution >= 0.6 is 0 Å². The zero-order valence-corrected chi connectivity index (χ0v) is 6.58. The minimum atomic E-state index is 0.331. The molecule has 4 nitrogen and oxygen atoms in total. The van der Waals surface area contributed by atoms with E-state index in [1.807, 2.05) is 6.92 Å². The third-order valence-electron chi connectivity index (χ3n) is 0.861. The van der Waals surface area contributed by atoms with Crippen LogP contribution < -0.4 is 11.5 Å². The van der Waals surface area contributed by atoms with Crippen molar-refractivity contribution in [2.24, 2.45) is 16.5 Å². The van der Waals surface area contributed by atoms with Gasteiger partial charge < -0.3 is 16.2 Å². The van der Waals surface area contributed by atoms with Gasteiger partial charge in [0, 0.05) is 6.20 Å². The van der Waals surface area contributed by atoms with E-state index in [9.17, 15) is 0 Å². The van der Waals surface area contributed by atoms with Crippen LogP contribution in [0.5, 0.6) is 0 Å². The van der Waals surface area contributed by atoms with Crippen LogP contribution in [-0.2, 0) is 4.74 Å². The first-order valence-electron chi connectivity index (χ1n) is 3.23. The molecule has 0 rings (SSSR count). The summed E-state index contributed by atoms with van der Waals surface area (Å²) in [6.45, 7) is 5.90. The van der Waals surface area contributed by atoms with Gasteiger partial charge in [0.05, 0.1) is 18.5 Å². The molecule has 0 spiro atoms. The van der Waals surface area contributed by atoms with Crippen LogP contribution in [0.15, 0.2) is 29.4 Å². The number of allylic oxidation sites excluding steroid dienone is 1. The first-order valence-corrected chi connectivity index (χ1v) is 3.23. The predicted octanol–water partition coefficient (Wildman–Crippen LogP) is 0.324. The Morgan fingerprint density at radius 1 is 1.73 bits per heavy atom. The summed E-state index contributed by atoms with van der Waals surface area (Å²) in [6.07, 6.45) is 2.64. The van der Waals surface area contributed by atoms with E-state index in [2.05, 4.69) is 11.6 Å². The number of rotatable bonds is 4. The molecule has 0 heterocycles. The molecule has 0 bridgehead atoms. The van der Waals surface area contributed by atoms with Gasteiger partial charge in [-0.15, -0.1) is 0 Å². The molecule has 0 aliphatic carbocycles. The molecule has 0 fully saturated rings. The molecule has 62 valence electrons. The van der Waals surface area contributed by atoms with Crippen LogP contribution in [0.2, 0.25) is 0 Å². The lowest BCUT2D eigenvalue weighted by Crippen LogP contribution is -2.01. The summed E-state index contributed by atoms with van der Waals surface area (Å²) in [5, 5.41) is 0. The van der Waals surface area contributed by atoms with Gasteiger partial charge in [0.2, 0.25) is 5.88 Å². The number of nitrogens with zero attached hydrogens (tertiary/aromatic N) is 1. The Morgan fingerprint density at radius 2 is 2.36 bits per heavy atom. The highest BCUT2D eigenvalue weighted by Gasteiger charge is 1.85. The van der Waals surface area contributed by atoms with Gasteiger partial charge in [0.1, 0.15) is 0 Å². The number of nitrogens with two attached hydrogens (primary N) is 2. The van der Waals surface area contributed by atoms with Crippen LogP contribution in [0, 0.1) is 0 Å². The van der Waals surface area contributed by atoms with Crippen LogP contribution in [-0.4, -0.2) is 12.8 Å². The molecule has 0 aliphatic rings. The second-order valence-electron chi connectivity index (χ2n) is 1.75. The summed E-state index contributed by atoms with van der Waals surface area (Å²) in [5.74, 6) is 0.331. The molecule has 11 heavy (non-hydrogen) atoms. The number of hydrogen-bond donors (Lipinski definition) is 2. The molecule has 4 heteroatoms. The van der Waals surface area contributed by atoms with E-state index in [1.165, 1.54) is 12.4 Å². The van der Waals surface area contributed by atoms with Gasteiger partial charge in [-0.2, -0.15) is 0 Å². The molecular formula is C7H13N3O. The first-order chi connectivity index (χ1) is 5.20. The van der Waals surface area contributed by atoms with Gasteiger partial charge in [-0.05, 0) is 13.5 Å². The largest absolute Gasteiger partial charge is 0.478 e. The molecular weight excluding hydrogens is 142 g/mol. The van der Waals surface area contributed by atoms with Crippen molar-refractivity contribution in [3.05, 3.63) is 24.4 Å². The van der Waals surface area contributed by atoms with Crippen LogP contribution in [0.1, 0.15) is 6.92 Å². The Bertz CT molecular complexity index is 184. The smallest absolute Gasteiger partial charge is 0.205 e. The first kappa shape index (κ1) is 9.55. The van der Waals surface area contributed by atoms with E-state index in [4.69, 9.17) is 16.2 Å². The van der Waals surface area contributed by atoms with Crippen molar-refractivity contribution >= 4 is 6.21 Å². The van der Waals surface area contributed by atoms with E-state index in [0.29, 0.717) is 18.2 Å². The zero-order valence-electron chi connectivity index (χ0n) is 6.58. The summed E-state index contributed by atoms with van der Waals surface area (Å²) in [7, 11) is 0. The third-order valence-corrected chi connectivity index (χ3v) is 0.861. The van der Waals surface area contributed by atoms with Crippen LogP contribution in [0.4, 0.5) is 0 Å². The Balaban J connectivity index is 3.83. The minimum absolute atomic E-state index is 0.331. The SMILES string of the molecule is C=C(N=C/C(N)=C\N)OCC. The topological polar surface area (TPSA) is 73.6 Å². The second kappa shape index (κ2) is 5.34. The van der Waals surface area contributed by atoms with Crippen molar-refractivity contribution in [3.63, 3.8) is 0 Å². The molecule has 0 unspecified atom stereocenters. The fraction of sp³-hybridized carbons (Fsp3) is 0.286. The minimum Gasteiger partial charge on any atom is -0.478 e. The second-order valence-corrected chi connectivity index (χ2v) is 1.75. The fourth-order valence-electron chi connectivity index (χ4n) is 0.393. The van der Waals surface area contributed by atoms with E-state index < -0.39 is 0 Å². The molecule has 0 saturated heterocycles. The van der Waals surface area contributed by atoms with Gasteiger partial charge in [-0.3, -0.25) is 0 Å². The summed E-state index contributed by atoms with van der Waals surface area (Å²) >= 11 is 0. The summed E-state index contributed by atoms with van der Waals surface area (Å²) in [6, 6.07) is 0. The van der Waals surface area contributed by atoms with E-state index >= 15 is 0 Å². The van der Waals surface area contributed by atoms with Crippen LogP contribution in [0.3, 0.4) is 0 Å². The number of aliphatic imine (C=N–C) groups is 1. The summed E-state index contributed by atoms with van der Waals surface area (Å²) in [5.41, 5.74) is 10.8. The molecule has 0 atom stereocenters. The normalized spacial score (nSPS) is 11.9. The summed E-state index contributed by atoms with van der Waals surface area (Å²) < 4.78 is 4.92. The van der Waals surface area contributed by atoms with Crippen molar-refractivity contribution < 1.29 is 4.74 Å². The quantitative estimate of drug-likeness (QED) is 0.453. The molecule has 0 amide bonds. The fourth-order valence-corrected chi connectivity index (χ4v) is 0.393. The van der Waals surface area contributed by atoms with Crippen molar-refractivity contribution in [1.29, 1.82) is 0 Å². The average Bonchev–Trinajstić information content (AvgIpc) is 2.01. The number of hydrogen-bond acceptors (Lipinski definition) is 4. The van der Waals surface area contributed by atoms with Crippen molar-refractivity contribution in [2.75, 3.05) is 6.61 Å². The Hall–Kier alpha value is -1.45. The standard InChI is InChI=1S/C7H13N3O/c1-3-11-6(2)10-5-7(9)4-8/h4-5H,2-3,8-9H2,1H3/b7-4+,10-5?. The highest BCUT2D eigenvalue weighted by molar-refractivity contribution is 5.77. The lowest BCUT2D eigenvalue weighted by Gasteiger charge is -1.98. The summed E-state index contributed by atoms with van der Waals surface area (Å²) in [4.78, 5) is 3.77. The van der Waals surface area contributed by atoms with Gasteiger partial charge in [0.25, 0.3) is 0 Å². The van der Waals surface area contributed by atoms with Gasteiger partial charge >= 0.3 is 0 Å². The predicted molar refractivity (Wildman–Crippen MR) is 45.7 cm³/mol. The van der Waals surface area contributed by atoms with Crippen molar-refractivity contribution in [2.45, 2.75) is 6.92 Å². The van der Waals surface area contributed by atoms with Gasteiger partial charge in [0.15, 0.2) is 0 Å². The van der Waals surface area contributed by atoms with Crippen molar-refractivity contribution in [3.8, 4) is 0 Å². The van der Waals surface area contributed by atoms with E-state index in [-0.39, 0.29) is 0 Å². The highest BCUT2D eigenvalue weighted by atomic mass is 16.5. The number of ether oxygens (including phenoxy) is 1.